The molecule has 0 aliphatic carbocycles. The zero-order chi connectivity index (χ0) is 14.9. The van der Waals surface area contributed by atoms with Gasteiger partial charge >= 0.3 is 5.97 Å². The van der Waals surface area contributed by atoms with Gasteiger partial charge in [-0.25, -0.2) is 9.78 Å². The summed E-state index contributed by atoms with van der Waals surface area (Å²) in [5.41, 5.74) is 7.32. The minimum Gasteiger partial charge on any atom is -0.467 e. The summed E-state index contributed by atoms with van der Waals surface area (Å²) in [7, 11) is 1.37. The van der Waals surface area contributed by atoms with Crippen molar-refractivity contribution in [2.24, 2.45) is 5.92 Å². The van der Waals surface area contributed by atoms with Crippen LogP contribution in [0.15, 0.2) is 18.2 Å². The molecule has 0 aliphatic heterocycles. The number of anilines is 1. The highest BCUT2D eigenvalue weighted by Crippen LogP contribution is 2.31. The van der Waals surface area contributed by atoms with Gasteiger partial charge in [0, 0.05) is 0 Å². The standard InChI is InChI=1S/C14H18ClN3O2/c1-8(2)7-11(13(19)20-3)18-10-6-4-5-9(15)12(10)17-14(18)16/h4-6,8,11H,7H2,1-3H3,(H2,16,17). The number of methoxy groups -OCH3 is 1. The molecule has 20 heavy (non-hydrogen) atoms. The molecule has 0 spiro atoms. The summed E-state index contributed by atoms with van der Waals surface area (Å²) in [6.07, 6.45) is 0.620. The molecule has 0 radical (unpaired) electrons. The van der Waals surface area contributed by atoms with Gasteiger partial charge in [0.15, 0.2) is 0 Å². The van der Waals surface area contributed by atoms with E-state index in [-0.39, 0.29) is 11.9 Å². The number of carbonyl (C=O) groups excluding carboxylic acids is 1. The fourth-order valence-electron chi connectivity index (χ4n) is 2.32. The molecule has 1 aromatic carbocycles. The van der Waals surface area contributed by atoms with Gasteiger partial charge in [0.05, 0.1) is 17.6 Å². The Morgan fingerprint density at radius 2 is 2.20 bits per heavy atom. The first-order valence-electron chi connectivity index (χ1n) is 6.45. The van der Waals surface area contributed by atoms with Crippen LogP contribution in [-0.4, -0.2) is 22.6 Å². The number of fused-ring (bicyclic) bond motifs is 1. The Labute approximate surface area is 122 Å². The number of carbonyl (C=O) groups is 1. The number of rotatable bonds is 4. The van der Waals surface area contributed by atoms with E-state index in [4.69, 9.17) is 22.1 Å². The highest BCUT2D eigenvalue weighted by Gasteiger charge is 2.26. The van der Waals surface area contributed by atoms with E-state index in [0.29, 0.717) is 22.9 Å². The van der Waals surface area contributed by atoms with E-state index < -0.39 is 6.04 Å². The van der Waals surface area contributed by atoms with E-state index in [1.165, 1.54) is 7.11 Å². The Bertz CT molecular complexity index is 637. The fourth-order valence-corrected chi connectivity index (χ4v) is 2.53. The summed E-state index contributed by atoms with van der Waals surface area (Å²) in [6, 6.07) is 4.91. The number of nitrogens with zero attached hydrogens (tertiary/aromatic N) is 2. The highest BCUT2D eigenvalue weighted by atomic mass is 35.5. The molecule has 2 aromatic rings. The van der Waals surface area contributed by atoms with Crippen LogP contribution in [0.4, 0.5) is 5.95 Å². The van der Waals surface area contributed by atoms with Gasteiger partial charge in [-0.2, -0.15) is 0 Å². The van der Waals surface area contributed by atoms with Crippen molar-refractivity contribution >= 4 is 34.6 Å². The van der Waals surface area contributed by atoms with Gasteiger partial charge < -0.3 is 10.5 Å². The summed E-state index contributed by atoms with van der Waals surface area (Å²) < 4.78 is 6.60. The van der Waals surface area contributed by atoms with Gasteiger partial charge in [-0.3, -0.25) is 4.57 Å². The Morgan fingerprint density at radius 1 is 1.50 bits per heavy atom. The maximum Gasteiger partial charge on any atom is 0.328 e. The molecule has 1 aromatic heterocycles. The molecule has 1 heterocycles. The molecular weight excluding hydrogens is 278 g/mol. The molecule has 2 N–H and O–H groups in total. The van der Waals surface area contributed by atoms with Crippen LogP contribution in [0.25, 0.3) is 11.0 Å². The molecule has 1 atom stereocenters. The number of nitrogens with two attached hydrogens (primary N) is 1. The van der Waals surface area contributed by atoms with Gasteiger partial charge in [-0.1, -0.05) is 31.5 Å². The van der Waals surface area contributed by atoms with E-state index in [9.17, 15) is 4.79 Å². The third-order valence-electron chi connectivity index (χ3n) is 3.18. The summed E-state index contributed by atoms with van der Waals surface area (Å²) in [4.78, 5) is 16.3. The van der Waals surface area contributed by atoms with Crippen LogP contribution < -0.4 is 5.73 Å². The van der Waals surface area contributed by atoms with Crippen LogP contribution in [0.1, 0.15) is 26.3 Å². The van der Waals surface area contributed by atoms with Crippen molar-refractivity contribution in [3.8, 4) is 0 Å². The molecule has 2 rings (SSSR count). The summed E-state index contributed by atoms with van der Waals surface area (Å²) >= 11 is 6.12. The summed E-state index contributed by atoms with van der Waals surface area (Å²) in [6.45, 7) is 4.08. The maximum absolute atomic E-state index is 12.1. The second-order valence-corrected chi connectivity index (χ2v) is 5.52. The summed E-state index contributed by atoms with van der Waals surface area (Å²) in [5.74, 6) is 0.254. The molecule has 1 unspecified atom stereocenters. The second kappa shape index (κ2) is 5.71. The maximum atomic E-state index is 12.1. The molecule has 0 fully saturated rings. The van der Waals surface area contributed by atoms with Gasteiger partial charge in [0.2, 0.25) is 5.95 Å². The van der Waals surface area contributed by atoms with E-state index in [2.05, 4.69) is 4.98 Å². The first-order valence-corrected chi connectivity index (χ1v) is 6.83. The predicted molar refractivity (Wildman–Crippen MR) is 79.7 cm³/mol. The van der Waals surface area contributed by atoms with Crippen molar-refractivity contribution in [2.75, 3.05) is 12.8 Å². The first-order chi connectivity index (χ1) is 9.45. The molecular formula is C14H18ClN3O2. The average Bonchev–Trinajstić information content (AvgIpc) is 2.73. The third kappa shape index (κ3) is 2.58. The smallest absolute Gasteiger partial charge is 0.328 e. The topological polar surface area (TPSA) is 70.1 Å². The van der Waals surface area contributed by atoms with Crippen LogP contribution in [-0.2, 0) is 9.53 Å². The molecule has 0 bridgehead atoms. The van der Waals surface area contributed by atoms with Crippen molar-refractivity contribution in [2.45, 2.75) is 26.3 Å². The molecule has 0 saturated heterocycles. The van der Waals surface area contributed by atoms with Gasteiger partial charge in [-0.05, 0) is 24.5 Å². The lowest BCUT2D eigenvalue weighted by molar-refractivity contribution is -0.145. The number of nitrogen functional groups attached to an aromatic ring is 1. The number of aromatic nitrogens is 2. The lowest BCUT2D eigenvalue weighted by Crippen LogP contribution is -2.23. The summed E-state index contributed by atoms with van der Waals surface area (Å²) in [5, 5.41) is 0.515. The number of hydrogen-bond donors (Lipinski definition) is 1. The van der Waals surface area contributed by atoms with Gasteiger partial charge in [0.1, 0.15) is 11.6 Å². The predicted octanol–water partition coefficient (Wildman–Crippen LogP) is 3.03. The lowest BCUT2D eigenvalue weighted by atomic mass is 10.0. The number of esters is 1. The van der Waals surface area contributed by atoms with Crippen molar-refractivity contribution in [3.63, 3.8) is 0 Å². The van der Waals surface area contributed by atoms with Crippen molar-refractivity contribution < 1.29 is 9.53 Å². The number of benzene rings is 1. The van der Waals surface area contributed by atoms with Gasteiger partial charge in [0.25, 0.3) is 0 Å². The normalized spacial score (nSPS) is 12.8. The third-order valence-corrected chi connectivity index (χ3v) is 3.48. The Morgan fingerprint density at radius 3 is 2.80 bits per heavy atom. The largest absolute Gasteiger partial charge is 0.467 e. The molecule has 0 amide bonds. The van der Waals surface area contributed by atoms with E-state index in [0.717, 1.165) is 5.52 Å². The van der Waals surface area contributed by atoms with E-state index >= 15 is 0 Å². The molecule has 5 nitrogen and oxygen atoms in total. The Kier molecular flexibility index (Phi) is 4.18. The average molecular weight is 296 g/mol. The Balaban J connectivity index is 2.61. The van der Waals surface area contributed by atoms with Gasteiger partial charge in [-0.15, -0.1) is 0 Å². The number of hydrogen-bond acceptors (Lipinski definition) is 4. The zero-order valence-corrected chi connectivity index (χ0v) is 12.5. The molecule has 0 aliphatic rings. The van der Waals surface area contributed by atoms with E-state index in [1.807, 2.05) is 26.0 Å². The molecule has 6 heteroatoms. The van der Waals surface area contributed by atoms with Crippen molar-refractivity contribution in [1.29, 1.82) is 0 Å². The zero-order valence-electron chi connectivity index (χ0n) is 11.8. The SMILES string of the molecule is COC(=O)C(CC(C)C)n1c(N)nc2c(Cl)cccc21. The minimum absolute atomic E-state index is 0.268. The van der Waals surface area contributed by atoms with Crippen LogP contribution in [0.2, 0.25) is 5.02 Å². The monoisotopic (exact) mass is 295 g/mol. The lowest BCUT2D eigenvalue weighted by Gasteiger charge is -2.20. The number of para-hydroxylation sites is 1. The van der Waals surface area contributed by atoms with E-state index in [1.54, 1.807) is 10.6 Å². The number of ether oxygens (including phenoxy) is 1. The van der Waals surface area contributed by atoms with Crippen LogP contribution in [0.5, 0.6) is 0 Å². The number of imidazole rings is 1. The Hall–Kier alpha value is -1.75. The first kappa shape index (κ1) is 14.7. The highest BCUT2D eigenvalue weighted by molar-refractivity contribution is 6.35. The second-order valence-electron chi connectivity index (χ2n) is 5.12. The van der Waals surface area contributed by atoms with Crippen molar-refractivity contribution in [3.05, 3.63) is 23.2 Å². The fraction of sp³-hybridized carbons (Fsp3) is 0.429. The minimum atomic E-state index is -0.497. The quantitative estimate of drug-likeness (QED) is 0.880. The van der Waals surface area contributed by atoms with Crippen LogP contribution in [0, 0.1) is 5.92 Å². The van der Waals surface area contributed by atoms with Crippen LogP contribution in [0.3, 0.4) is 0 Å². The molecule has 108 valence electrons. The number of halogens is 1. The molecule has 0 saturated carbocycles. The van der Waals surface area contributed by atoms with Crippen molar-refractivity contribution in [1.82, 2.24) is 9.55 Å². The van der Waals surface area contributed by atoms with Crippen LogP contribution >= 0.6 is 11.6 Å².